The summed E-state index contributed by atoms with van der Waals surface area (Å²) in [5.74, 6) is 0.134. The minimum atomic E-state index is -0.324. The lowest BCUT2D eigenvalue weighted by Gasteiger charge is -2.02. The average Bonchev–Trinajstić information content (AvgIpc) is 2.96. The maximum absolute atomic E-state index is 13.1. The van der Waals surface area contributed by atoms with Crippen molar-refractivity contribution in [3.05, 3.63) is 66.6 Å². The number of aromatic nitrogens is 1. The molecular formula is C16H13FN2O3S. The van der Waals surface area contributed by atoms with E-state index in [2.05, 4.69) is 10.3 Å². The van der Waals surface area contributed by atoms with E-state index in [-0.39, 0.29) is 12.3 Å². The third-order valence-electron chi connectivity index (χ3n) is 2.52. The summed E-state index contributed by atoms with van der Waals surface area (Å²) in [5, 5.41) is 11.4. The Hall–Kier alpha value is -2.93. The molecule has 0 saturated heterocycles. The number of anilines is 2. The molecule has 0 fully saturated rings. The monoisotopic (exact) mass is 332 g/mol. The Morgan fingerprint density at radius 1 is 1.17 bits per heavy atom. The molecule has 0 radical (unpaired) electrons. The fourth-order valence-electron chi connectivity index (χ4n) is 1.66. The van der Waals surface area contributed by atoms with E-state index in [9.17, 15) is 4.39 Å². The third kappa shape index (κ3) is 5.40. The Morgan fingerprint density at radius 3 is 2.61 bits per heavy atom. The predicted octanol–water partition coefficient (Wildman–Crippen LogP) is 4.52. The molecule has 0 saturated carbocycles. The molecule has 118 valence electrons. The number of nitrogens with one attached hydrogen (secondary N) is 1. The number of benzene rings is 2. The summed E-state index contributed by atoms with van der Waals surface area (Å²) in [5.41, 5.74) is 0.958. The van der Waals surface area contributed by atoms with Crippen molar-refractivity contribution >= 4 is 28.6 Å². The molecule has 0 aliphatic rings. The fraction of sp³-hybridized carbons (Fsp3) is 0. The van der Waals surface area contributed by atoms with Crippen molar-refractivity contribution < 1.29 is 19.0 Å². The molecule has 2 aromatic carbocycles. The van der Waals surface area contributed by atoms with Gasteiger partial charge in [0.15, 0.2) is 5.13 Å². The minimum Gasteiger partial charge on any atom is -0.483 e. The van der Waals surface area contributed by atoms with Crippen molar-refractivity contribution in [2.24, 2.45) is 0 Å². The van der Waals surface area contributed by atoms with E-state index in [0.717, 1.165) is 10.8 Å². The molecule has 0 unspecified atom stereocenters. The molecule has 0 bridgehead atoms. The van der Waals surface area contributed by atoms with Crippen molar-refractivity contribution in [3.63, 3.8) is 0 Å². The Bertz CT molecular complexity index is 750. The maximum Gasteiger partial charge on any atom is 0.290 e. The van der Waals surface area contributed by atoms with Crippen LogP contribution in [0.15, 0.2) is 60.8 Å². The first kappa shape index (κ1) is 16.4. The van der Waals surface area contributed by atoms with E-state index in [1.807, 2.05) is 30.3 Å². The molecule has 2 N–H and O–H groups in total. The van der Waals surface area contributed by atoms with Gasteiger partial charge < -0.3 is 15.2 Å². The van der Waals surface area contributed by atoms with Gasteiger partial charge in [-0.25, -0.2) is 9.37 Å². The Balaban J connectivity index is 0.000000595. The summed E-state index contributed by atoms with van der Waals surface area (Å²) in [6.07, 6.45) is 1.61. The van der Waals surface area contributed by atoms with Gasteiger partial charge in [0, 0.05) is 11.8 Å². The lowest BCUT2D eigenvalue weighted by molar-refractivity contribution is -0.122. The van der Waals surface area contributed by atoms with Crippen molar-refractivity contribution in [1.82, 2.24) is 4.98 Å². The van der Waals surface area contributed by atoms with Crippen molar-refractivity contribution in [3.8, 4) is 10.8 Å². The number of carboxylic acid groups (broad SMARTS) is 1. The highest BCUT2D eigenvalue weighted by Gasteiger charge is 2.05. The summed E-state index contributed by atoms with van der Waals surface area (Å²) < 4.78 is 18.6. The molecule has 3 aromatic rings. The van der Waals surface area contributed by atoms with E-state index in [4.69, 9.17) is 14.6 Å². The van der Waals surface area contributed by atoms with Crippen LogP contribution in [0.3, 0.4) is 0 Å². The predicted molar refractivity (Wildman–Crippen MR) is 87.0 cm³/mol. The van der Waals surface area contributed by atoms with Crippen molar-refractivity contribution in [2.45, 2.75) is 0 Å². The van der Waals surface area contributed by atoms with Gasteiger partial charge in [-0.05, 0) is 24.3 Å². The third-order valence-corrected chi connectivity index (χ3v) is 3.31. The van der Waals surface area contributed by atoms with Crippen LogP contribution in [0.2, 0.25) is 0 Å². The normalized spacial score (nSPS) is 9.43. The Labute approximate surface area is 136 Å². The van der Waals surface area contributed by atoms with Gasteiger partial charge >= 0.3 is 0 Å². The number of hydrogen-bond acceptors (Lipinski definition) is 5. The number of nitrogens with zero attached hydrogens (tertiary/aromatic N) is 1. The second-order valence-electron chi connectivity index (χ2n) is 4.14. The molecule has 0 aliphatic heterocycles. The number of halogens is 1. The van der Waals surface area contributed by atoms with Crippen molar-refractivity contribution in [1.29, 1.82) is 0 Å². The summed E-state index contributed by atoms with van der Waals surface area (Å²) in [4.78, 5) is 12.6. The first-order valence-electron chi connectivity index (χ1n) is 6.50. The van der Waals surface area contributed by atoms with Crippen LogP contribution in [-0.2, 0) is 4.79 Å². The zero-order valence-corrected chi connectivity index (χ0v) is 12.7. The molecule has 0 atom stereocenters. The van der Waals surface area contributed by atoms with Crippen LogP contribution in [0.5, 0.6) is 10.8 Å². The zero-order chi connectivity index (χ0) is 16.5. The van der Waals surface area contributed by atoms with Gasteiger partial charge in [-0.2, -0.15) is 0 Å². The molecule has 0 spiro atoms. The van der Waals surface area contributed by atoms with E-state index in [1.165, 1.54) is 23.5 Å². The SMILES string of the molecule is Fc1cccc(Oc2cnc(Nc3ccccc3)s2)c1.O=CO. The summed E-state index contributed by atoms with van der Waals surface area (Å²) in [7, 11) is 0. The number of thiazole rings is 1. The quantitative estimate of drug-likeness (QED) is 0.687. The molecule has 0 amide bonds. The molecular weight excluding hydrogens is 319 g/mol. The number of para-hydroxylation sites is 1. The van der Waals surface area contributed by atoms with Gasteiger partial charge in [-0.1, -0.05) is 35.6 Å². The van der Waals surface area contributed by atoms with Gasteiger partial charge in [0.2, 0.25) is 5.06 Å². The highest BCUT2D eigenvalue weighted by atomic mass is 32.1. The zero-order valence-electron chi connectivity index (χ0n) is 11.8. The summed E-state index contributed by atoms with van der Waals surface area (Å²) in [6, 6.07) is 15.8. The first-order chi connectivity index (χ1) is 11.2. The summed E-state index contributed by atoms with van der Waals surface area (Å²) >= 11 is 1.36. The summed E-state index contributed by atoms with van der Waals surface area (Å²) in [6.45, 7) is -0.250. The molecule has 0 aliphatic carbocycles. The molecule has 3 rings (SSSR count). The lowest BCUT2D eigenvalue weighted by atomic mass is 10.3. The van der Waals surface area contributed by atoms with E-state index in [0.29, 0.717) is 10.8 Å². The minimum absolute atomic E-state index is 0.250. The van der Waals surface area contributed by atoms with Gasteiger partial charge in [-0.3, -0.25) is 4.79 Å². The molecule has 1 aromatic heterocycles. The van der Waals surface area contributed by atoms with E-state index < -0.39 is 0 Å². The van der Waals surface area contributed by atoms with Crippen LogP contribution in [-0.4, -0.2) is 16.6 Å². The number of rotatable bonds is 4. The Morgan fingerprint density at radius 2 is 1.91 bits per heavy atom. The van der Waals surface area contributed by atoms with Crippen LogP contribution < -0.4 is 10.1 Å². The van der Waals surface area contributed by atoms with Crippen LogP contribution in [0.1, 0.15) is 0 Å². The molecule has 23 heavy (non-hydrogen) atoms. The standard InChI is InChI=1S/C15H11FN2OS.CH2O2/c16-11-5-4-8-13(9-11)19-14-10-17-15(20-14)18-12-6-2-1-3-7-12;2-1-3/h1-10H,(H,17,18);1H,(H,2,3). The van der Waals surface area contributed by atoms with Gasteiger partial charge in [0.1, 0.15) is 11.6 Å². The van der Waals surface area contributed by atoms with E-state index >= 15 is 0 Å². The number of carbonyl (C=O) groups is 1. The van der Waals surface area contributed by atoms with Crippen LogP contribution in [0.25, 0.3) is 0 Å². The second-order valence-corrected chi connectivity index (χ2v) is 5.13. The first-order valence-corrected chi connectivity index (χ1v) is 7.32. The van der Waals surface area contributed by atoms with Crippen molar-refractivity contribution in [2.75, 3.05) is 5.32 Å². The lowest BCUT2D eigenvalue weighted by Crippen LogP contribution is -1.87. The fourth-order valence-corrected chi connectivity index (χ4v) is 2.36. The highest BCUT2D eigenvalue weighted by molar-refractivity contribution is 7.17. The van der Waals surface area contributed by atoms with E-state index in [1.54, 1.807) is 18.3 Å². The highest BCUT2D eigenvalue weighted by Crippen LogP contribution is 2.31. The van der Waals surface area contributed by atoms with Crippen LogP contribution in [0.4, 0.5) is 15.2 Å². The molecule has 7 heteroatoms. The Kier molecular flexibility index (Phi) is 6.07. The molecule has 1 heterocycles. The van der Waals surface area contributed by atoms with Crippen LogP contribution >= 0.6 is 11.3 Å². The van der Waals surface area contributed by atoms with Crippen LogP contribution in [0, 0.1) is 5.82 Å². The largest absolute Gasteiger partial charge is 0.483 e. The topological polar surface area (TPSA) is 71.5 Å². The number of hydrogen-bond donors (Lipinski definition) is 2. The van der Waals surface area contributed by atoms with Gasteiger partial charge in [0.05, 0.1) is 6.20 Å². The van der Waals surface area contributed by atoms with Gasteiger partial charge in [-0.15, -0.1) is 0 Å². The molecule has 5 nitrogen and oxygen atoms in total. The second kappa shape index (κ2) is 8.50. The maximum atomic E-state index is 13.1. The number of ether oxygens (including phenoxy) is 1. The average molecular weight is 332 g/mol. The van der Waals surface area contributed by atoms with Gasteiger partial charge in [0.25, 0.3) is 6.47 Å². The smallest absolute Gasteiger partial charge is 0.290 e.